The van der Waals surface area contributed by atoms with Crippen LogP contribution in [0.2, 0.25) is 0 Å². The Labute approximate surface area is 148 Å². The van der Waals surface area contributed by atoms with Crippen molar-refractivity contribution in [2.45, 2.75) is 13.3 Å². The molecular weight excluding hydrogens is 316 g/mol. The standard InChI is InChI=1S/C20H26N2O3/c1-2-25-18-9-8-16-6-3-4-7-17(16)19(18)20(23)21-10-5-11-22-12-14-24-15-13-22/h3-4,6-9H,2,5,10-15H2,1H3,(H,21,23). The highest BCUT2D eigenvalue weighted by Gasteiger charge is 2.16. The van der Waals surface area contributed by atoms with Gasteiger partial charge in [-0.15, -0.1) is 0 Å². The highest BCUT2D eigenvalue weighted by atomic mass is 16.5. The van der Waals surface area contributed by atoms with Crippen LogP contribution in [0.1, 0.15) is 23.7 Å². The molecule has 5 nitrogen and oxygen atoms in total. The molecule has 1 amide bonds. The first kappa shape index (κ1) is 17.7. The van der Waals surface area contributed by atoms with Crippen LogP contribution in [0.25, 0.3) is 10.8 Å². The lowest BCUT2D eigenvalue weighted by Crippen LogP contribution is -2.38. The first-order valence-corrected chi connectivity index (χ1v) is 9.02. The van der Waals surface area contributed by atoms with Gasteiger partial charge in [0.15, 0.2) is 0 Å². The highest BCUT2D eigenvalue weighted by molar-refractivity contribution is 6.09. The molecule has 2 aromatic rings. The molecule has 0 unspecified atom stereocenters. The molecule has 2 aromatic carbocycles. The minimum absolute atomic E-state index is 0.0674. The Balaban J connectivity index is 1.65. The fraction of sp³-hybridized carbons (Fsp3) is 0.450. The smallest absolute Gasteiger partial charge is 0.255 e. The van der Waals surface area contributed by atoms with Crippen molar-refractivity contribution in [2.75, 3.05) is 46.0 Å². The summed E-state index contributed by atoms with van der Waals surface area (Å²) in [7, 11) is 0. The third-order valence-corrected chi connectivity index (χ3v) is 4.46. The molecule has 0 radical (unpaired) electrons. The summed E-state index contributed by atoms with van der Waals surface area (Å²) in [6, 6.07) is 11.8. The van der Waals surface area contributed by atoms with Crippen LogP contribution in [-0.4, -0.2) is 56.8 Å². The van der Waals surface area contributed by atoms with Crippen LogP contribution < -0.4 is 10.1 Å². The molecule has 5 heteroatoms. The molecule has 1 aliphatic heterocycles. The zero-order chi connectivity index (χ0) is 17.5. The van der Waals surface area contributed by atoms with Gasteiger partial charge in [0, 0.05) is 19.6 Å². The maximum absolute atomic E-state index is 12.8. The lowest BCUT2D eigenvalue weighted by Gasteiger charge is -2.26. The summed E-state index contributed by atoms with van der Waals surface area (Å²) >= 11 is 0. The molecule has 25 heavy (non-hydrogen) atoms. The van der Waals surface area contributed by atoms with E-state index in [2.05, 4.69) is 10.2 Å². The number of morpholine rings is 1. The summed E-state index contributed by atoms with van der Waals surface area (Å²) in [5, 5.41) is 5.03. The maximum atomic E-state index is 12.8. The van der Waals surface area contributed by atoms with Crippen molar-refractivity contribution in [2.24, 2.45) is 0 Å². The fourth-order valence-electron chi connectivity index (χ4n) is 3.18. The van der Waals surface area contributed by atoms with E-state index < -0.39 is 0 Å². The Kier molecular flexibility index (Phi) is 6.25. The van der Waals surface area contributed by atoms with E-state index in [1.54, 1.807) is 0 Å². The van der Waals surface area contributed by atoms with Gasteiger partial charge >= 0.3 is 0 Å². The van der Waals surface area contributed by atoms with Crippen LogP contribution in [0.4, 0.5) is 0 Å². The van der Waals surface area contributed by atoms with Crippen LogP contribution in [0.15, 0.2) is 36.4 Å². The molecule has 1 saturated heterocycles. The second kappa shape index (κ2) is 8.83. The van der Waals surface area contributed by atoms with Gasteiger partial charge in [0.1, 0.15) is 5.75 Å². The number of carbonyl (C=O) groups excluding carboxylic acids is 1. The topological polar surface area (TPSA) is 50.8 Å². The minimum atomic E-state index is -0.0674. The van der Waals surface area contributed by atoms with Crippen LogP contribution in [0.3, 0.4) is 0 Å². The van der Waals surface area contributed by atoms with Gasteiger partial charge in [-0.3, -0.25) is 9.69 Å². The Morgan fingerprint density at radius 3 is 2.80 bits per heavy atom. The van der Waals surface area contributed by atoms with Crippen molar-refractivity contribution < 1.29 is 14.3 Å². The molecule has 1 fully saturated rings. The zero-order valence-corrected chi connectivity index (χ0v) is 14.8. The monoisotopic (exact) mass is 342 g/mol. The summed E-state index contributed by atoms with van der Waals surface area (Å²) in [6.07, 6.45) is 0.931. The lowest BCUT2D eigenvalue weighted by atomic mass is 10.0. The summed E-state index contributed by atoms with van der Waals surface area (Å²) < 4.78 is 11.0. The summed E-state index contributed by atoms with van der Waals surface area (Å²) in [4.78, 5) is 15.2. The van der Waals surface area contributed by atoms with Gasteiger partial charge in [-0.25, -0.2) is 0 Å². The lowest BCUT2D eigenvalue weighted by molar-refractivity contribution is 0.0374. The van der Waals surface area contributed by atoms with Crippen LogP contribution in [0, 0.1) is 0 Å². The number of amides is 1. The second-order valence-corrected chi connectivity index (χ2v) is 6.16. The Morgan fingerprint density at radius 2 is 2.00 bits per heavy atom. The van der Waals surface area contributed by atoms with Gasteiger partial charge in [-0.1, -0.05) is 30.3 Å². The predicted molar refractivity (Wildman–Crippen MR) is 99.3 cm³/mol. The van der Waals surface area contributed by atoms with Gasteiger partial charge in [0.05, 0.1) is 25.4 Å². The summed E-state index contributed by atoms with van der Waals surface area (Å²) in [5.41, 5.74) is 0.631. The number of hydrogen-bond donors (Lipinski definition) is 1. The first-order valence-electron chi connectivity index (χ1n) is 9.02. The number of nitrogens with zero attached hydrogens (tertiary/aromatic N) is 1. The van der Waals surface area contributed by atoms with Crippen molar-refractivity contribution in [1.29, 1.82) is 0 Å². The Bertz CT molecular complexity index is 711. The maximum Gasteiger partial charge on any atom is 0.255 e. The fourth-order valence-corrected chi connectivity index (χ4v) is 3.18. The van der Waals surface area contributed by atoms with Crippen molar-refractivity contribution >= 4 is 16.7 Å². The first-order chi connectivity index (χ1) is 12.3. The number of rotatable bonds is 7. The van der Waals surface area contributed by atoms with E-state index >= 15 is 0 Å². The number of ether oxygens (including phenoxy) is 2. The number of fused-ring (bicyclic) bond motifs is 1. The number of benzene rings is 2. The van der Waals surface area contributed by atoms with Gasteiger partial charge < -0.3 is 14.8 Å². The third kappa shape index (κ3) is 4.50. The molecule has 3 rings (SSSR count). The predicted octanol–water partition coefficient (Wildman–Crippen LogP) is 2.69. The molecule has 0 atom stereocenters. The molecule has 0 aromatic heterocycles. The molecule has 1 N–H and O–H groups in total. The van der Waals surface area contributed by atoms with E-state index in [9.17, 15) is 4.79 Å². The number of nitrogens with one attached hydrogen (secondary N) is 1. The van der Waals surface area contributed by atoms with E-state index in [0.29, 0.717) is 24.5 Å². The zero-order valence-electron chi connectivity index (χ0n) is 14.8. The van der Waals surface area contributed by atoms with Gasteiger partial charge in [0.2, 0.25) is 0 Å². The van der Waals surface area contributed by atoms with Crippen molar-refractivity contribution in [3.05, 3.63) is 42.0 Å². The number of hydrogen-bond acceptors (Lipinski definition) is 4. The minimum Gasteiger partial charge on any atom is -0.493 e. The van der Waals surface area contributed by atoms with E-state index in [1.807, 2.05) is 43.3 Å². The molecular formula is C20H26N2O3. The summed E-state index contributed by atoms with van der Waals surface area (Å²) in [5.74, 6) is 0.578. The van der Waals surface area contributed by atoms with Crippen LogP contribution in [0.5, 0.6) is 5.75 Å². The third-order valence-electron chi connectivity index (χ3n) is 4.46. The van der Waals surface area contributed by atoms with Gasteiger partial charge in [-0.2, -0.15) is 0 Å². The van der Waals surface area contributed by atoms with Gasteiger partial charge in [0.25, 0.3) is 5.91 Å². The summed E-state index contributed by atoms with van der Waals surface area (Å²) in [6.45, 7) is 7.68. The van der Waals surface area contributed by atoms with Gasteiger partial charge in [-0.05, 0) is 36.7 Å². The van der Waals surface area contributed by atoms with Crippen LogP contribution >= 0.6 is 0 Å². The SMILES string of the molecule is CCOc1ccc2ccccc2c1C(=O)NCCCN1CCOCC1. The van der Waals surface area contributed by atoms with Crippen LogP contribution in [-0.2, 0) is 4.74 Å². The second-order valence-electron chi connectivity index (χ2n) is 6.16. The van der Waals surface area contributed by atoms with E-state index in [4.69, 9.17) is 9.47 Å². The largest absolute Gasteiger partial charge is 0.493 e. The molecule has 0 spiro atoms. The molecule has 0 saturated carbocycles. The molecule has 1 heterocycles. The molecule has 1 aliphatic rings. The highest BCUT2D eigenvalue weighted by Crippen LogP contribution is 2.28. The Morgan fingerprint density at radius 1 is 1.20 bits per heavy atom. The van der Waals surface area contributed by atoms with Crippen molar-refractivity contribution in [1.82, 2.24) is 10.2 Å². The molecule has 0 bridgehead atoms. The van der Waals surface area contributed by atoms with E-state index in [1.165, 1.54) is 0 Å². The Hall–Kier alpha value is -2.11. The molecule has 0 aliphatic carbocycles. The molecule has 134 valence electrons. The van der Waals surface area contributed by atoms with Crippen molar-refractivity contribution in [3.8, 4) is 5.75 Å². The van der Waals surface area contributed by atoms with E-state index in [0.717, 1.165) is 50.0 Å². The average Bonchev–Trinajstić information content (AvgIpc) is 2.66. The average molecular weight is 342 g/mol. The van der Waals surface area contributed by atoms with E-state index in [-0.39, 0.29) is 5.91 Å². The quantitative estimate of drug-likeness (QED) is 0.786. The van der Waals surface area contributed by atoms with Crippen molar-refractivity contribution in [3.63, 3.8) is 0 Å². The normalized spacial score (nSPS) is 15.2. The number of carbonyl (C=O) groups is 1.